The SMILES string of the molecule is CC=CCN1CCC(CNC(=O)c2ccncc2C)CC1. The second-order valence-electron chi connectivity index (χ2n) is 5.71. The lowest BCUT2D eigenvalue weighted by molar-refractivity contribution is 0.0937. The number of carbonyl (C=O) groups excluding carboxylic acids is 1. The van der Waals surface area contributed by atoms with Crippen molar-refractivity contribution in [1.82, 2.24) is 15.2 Å². The van der Waals surface area contributed by atoms with Crippen LogP contribution in [0.5, 0.6) is 0 Å². The third kappa shape index (κ3) is 4.67. The molecule has 1 fully saturated rings. The van der Waals surface area contributed by atoms with Crippen molar-refractivity contribution in [3.8, 4) is 0 Å². The third-order valence-corrected chi connectivity index (χ3v) is 4.12. The lowest BCUT2D eigenvalue weighted by Gasteiger charge is -2.31. The van der Waals surface area contributed by atoms with Gasteiger partial charge in [0.2, 0.25) is 0 Å². The molecule has 0 saturated carbocycles. The van der Waals surface area contributed by atoms with E-state index in [1.165, 1.54) is 0 Å². The second kappa shape index (κ2) is 7.93. The highest BCUT2D eigenvalue weighted by molar-refractivity contribution is 5.95. The maximum atomic E-state index is 12.2. The summed E-state index contributed by atoms with van der Waals surface area (Å²) in [5.74, 6) is 0.615. The van der Waals surface area contributed by atoms with Gasteiger partial charge in [-0.05, 0) is 57.3 Å². The Labute approximate surface area is 127 Å². The molecule has 0 atom stereocenters. The minimum absolute atomic E-state index is 0.0197. The molecular weight excluding hydrogens is 262 g/mol. The van der Waals surface area contributed by atoms with E-state index in [-0.39, 0.29) is 5.91 Å². The summed E-state index contributed by atoms with van der Waals surface area (Å²) in [7, 11) is 0. The zero-order valence-electron chi connectivity index (χ0n) is 13.0. The number of allylic oxidation sites excluding steroid dienone is 1. The van der Waals surface area contributed by atoms with Crippen LogP contribution < -0.4 is 5.32 Å². The van der Waals surface area contributed by atoms with Crippen LogP contribution in [0.25, 0.3) is 0 Å². The Kier molecular flexibility index (Phi) is 5.93. The summed E-state index contributed by atoms with van der Waals surface area (Å²) in [5, 5.41) is 3.07. The fraction of sp³-hybridized carbons (Fsp3) is 0.529. The second-order valence-corrected chi connectivity index (χ2v) is 5.71. The Bertz CT molecular complexity index is 491. The normalized spacial score (nSPS) is 17.2. The summed E-state index contributed by atoms with van der Waals surface area (Å²) < 4.78 is 0. The summed E-state index contributed by atoms with van der Waals surface area (Å²) in [4.78, 5) is 18.6. The molecule has 4 heteroatoms. The number of amides is 1. The molecule has 0 radical (unpaired) electrons. The summed E-state index contributed by atoms with van der Waals surface area (Å²) in [6, 6.07) is 1.78. The molecule has 1 saturated heterocycles. The monoisotopic (exact) mass is 287 g/mol. The number of carbonyl (C=O) groups is 1. The van der Waals surface area contributed by atoms with Gasteiger partial charge in [0.15, 0.2) is 0 Å². The minimum atomic E-state index is 0.0197. The van der Waals surface area contributed by atoms with Gasteiger partial charge in [-0.2, -0.15) is 0 Å². The number of hydrogen-bond acceptors (Lipinski definition) is 3. The summed E-state index contributed by atoms with van der Waals surface area (Å²) in [6.07, 6.45) is 10.0. The molecule has 0 unspecified atom stereocenters. The van der Waals surface area contributed by atoms with E-state index in [1.807, 2.05) is 6.92 Å². The van der Waals surface area contributed by atoms with E-state index in [0.717, 1.165) is 50.1 Å². The molecule has 1 aliphatic heterocycles. The van der Waals surface area contributed by atoms with E-state index in [4.69, 9.17) is 0 Å². The van der Waals surface area contributed by atoms with E-state index in [0.29, 0.717) is 5.92 Å². The fourth-order valence-electron chi connectivity index (χ4n) is 2.69. The number of likely N-dealkylation sites (tertiary alicyclic amines) is 1. The van der Waals surface area contributed by atoms with Crippen LogP contribution in [0.2, 0.25) is 0 Å². The van der Waals surface area contributed by atoms with E-state index in [1.54, 1.807) is 18.5 Å². The number of pyridine rings is 1. The highest BCUT2D eigenvalue weighted by atomic mass is 16.1. The molecule has 0 aliphatic carbocycles. The highest BCUT2D eigenvalue weighted by Gasteiger charge is 2.19. The van der Waals surface area contributed by atoms with Crippen LogP contribution in [-0.2, 0) is 0 Å². The van der Waals surface area contributed by atoms with Crippen molar-refractivity contribution in [3.63, 3.8) is 0 Å². The van der Waals surface area contributed by atoms with Crippen LogP contribution in [0.3, 0.4) is 0 Å². The van der Waals surface area contributed by atoms with E-state index in [2.05, 4.69) is 34.3 Å². The third-order valence-electron chi connectivity index (χ3n) is 4.12. The van der Waals surface area contributed by atoms with Gasteiger partial charge >= 0.3 is 0 Å². The number of rotatable bonds is 5. The van der Waals surface area contributed by atoms with Crippen LogP contribution in [0.1, 0.15) is 35.7 Å². The molecule has 4 nitrogen and oxygen atoms in total. The molecule has 114 valence electrons. The molecule has 1 N–H and O–H groups in total. The van der Waals surface area contributed by atoms with Gasteiger partial charge in [-0.1, -0.05) is 12.2 Å². The van der Waals surface area contributed by atoms with Crippen LogP contribution in [0.4, 0.5) is 0 Å². The van der Waals surface area contributed by atoms with Gasteiger partial charge < -0.3 is 5.32 Å². The maximum absolute atomic E-state index is 12.2. The van der Waals surface area contributed by atoms with Gasteiger partial charge in [0.05, 0.1) is 0 Å². The molecule has 1 aromatic rings. The van der Waals surface area contributed by atoms with Crippen molar-refractivity contribution in [2.24, 2.45) is 5.92 Å². The molecule has 1 aromatic heterocycles. The maximum Gasteiger partial charge on any atom is 0.251 e. The van der Waals surface area contributed by atoms with Crippen molar-refractivity contribution in [2.75, 3.05) is 26.2 Å². The molecule has 1 aliphatic rings. The average Bonchev–Trinajstić information content (AvgIpc) is 2.52. The Morgan fingerprint density at radius 1 is 1.48 bits per heavy atom. The number of nitrogens with one attached hydrogen (secondary N) is 1. The fourth-order valence-corrected chi connectivity index (χ4v) is 2.69. The number of hydrogen-bond donors (Lipinski definition) is 1. The van der Waals surface area contributed by atoms with Gasteiger partial charge in [0.25, 0.3) is 5.91 Å². The molecule has 2 rings (SSSR count). The van der Waals surface area contributed by atoms with E-state index >= 15 is 0 Å². The number of piperidine rings is 1. The zero-order valence-corrected chi connectivity index (χ0v) is 13.0. The van der Waals surface area contributed by atoms with Crippen molar-refractivity contribution < 1.29 is 4.79 Å². The first-order valence-electron chi connectivity index (χ1n) is 7.73. The predicted molar refractivity (Wildman–Crippen MR) is 85.3 cm³/mol. The molecule has 2 heterocycles. The molecule has 21 heavy (non-hydrogen) atoms. The Morgan fingerprint density at radius 3 is 2.90 bits per heavy atom. The van der Waals surface area contributed by atoms with Crippen LogP contribution >= 0.6 is 0 Å². The summed E-state index contributed by atoms with van der Waals surface area (Å²) >= 11 is 0. The number of aromatic nitrogens is 1. The quantitative estimate of drug-likeness (QED) is 0.846. The smallest absolute Gasteiger partial charge is 0.251 e. The topological polar surface area (TPSA) is 45.2 Å². The van der Waals surface area contributed by atoms with Crippen molar-refractivity contribution in [1.29, 1.82) is 0 Å². The minimum Gasteiger partial charge on any atom is -0.352 e. The average molecular weight is 287 g/mol. The standard InChI is InChI=1S/C17H25N3O/c1-3-4-9-20-10-6-15(7-11-20)13-19-17(21)16-5-8-18-12-14(16)2/h3-5,8,12,15H,6-7,9-11,13H2,1-2H3,(H,19,21). The number of nitrogens with zero attached hydrogens (tertiary/aromatic N) is 2. The van der Waals surface area contributed by atoms with Crippen LogP contribution in [0.15, 0.2) is 30.6 Å². The Hall–Kier alpha value is -1.68. The molecule has 0 aromatic carbocycles. The summed E-state index contributed by atoms with van der Waals surface area (Å²) in [6.45, 7) is 8.05. The molecular formula is C17H25N3O. The molecule has 0 bridgehead atoms. The first kappa shape index (κ1) is 15.7. The van der Waals surface area contributed by atoms with E-state index in [9.17, 15) is 4.79 Å². The zero-order chi connectivity index (χ0) is 15.1. The highest BCUT2D eigenvalue weighted by Crippen LogP contribution is 2.16. The number of aryl methyl sites for hydroxylation is 1. The molecule has 1 amide bonds. The molecule has 0 spiro atoms. The largest absolute Gasteiger partial charge is 0.352 e. The van der Waals surface area contributed by atoms with Crippen molar-refractivity contribution >= 4 is 5.91 Å². The van der Waals surface area contributed by atoms with Crippen LogP contribution in [0, 0.1) is 12.8 Å². The van der Waals surface area contributed by atoms with Crippen molar-refractivity contribution in [2.45, 2.75) is 26.7 Å². The first-order valence-corrected chi connectivity index (χ1v) is 7.73. The van der Waals surface area contributed by atoms with Gasteiger partial charge in [-0.15, -0.1) is 0 Å². The lowest BCUT2D eigenvalue weighted by Crippen LogP contribution is -2.38. The summed E-state index contributed by atoms with van der Waals surface area (Å²) in [5.41, 5.74) is 1.66. The van der Waals surface area contributed by atoms with Crippen LogP contribution in [-0.4, -0.2) is 42.0 Å². The predicted octanol–water partition coefficient (Wildman–Crippen LogP) is 2.41. The van der Waals surface area contributed by atoms with Gasteiger partial charge in [-0.3, -0.25) is 14.7 Å². The van der Waals surface area contributed by atoms with E-state index < -0.39 is 0 Å². The van der Waals surface area contributed by atoms with Gasteiger partial charge in [0.1, 0.15) is 0 Å². The van der Waals surface area contributed by atoms with Crippen molar-refractivity contribution in [3.05, 3.63) is 41.7 Å². The lowest BCUT2D eigenvalue weighted by atomic mass is 9.96. The van der Waals surface area contributed by atoms with Gasteiger partial charge in [0, 0.05) is 31.0 Å². The first-order chi connectivity index (χ1) is 10.2. The Balaban J connectivity index is 1.75. The Morgan fingerprint density at radius 2 is 2.24 bits per heavy atom. The van der Waals surface area contributed by atoms with Gasteiger partial charge in [-0.25, -0.2) is 0 Å².